The quantitative estimate of drug-likeness (QED) is 0.192. The highest BCUT2D eigenvalue weighted by Gasteiger charge is 2.14. The lowest BCUT2D eigenvalue weighted by molar-refractivity contribution is 0.0955. The molecule has 0 unspecified atom stereocenters. The van der Waals surface area contributed by atoms with Crippen molar-refractivity contribution >= 4 is 45.4 Å². The number of carbonyl (C=O) groups is 1. The highest BCUT2D eigenvalue weighted by molar-refractivity contribution is 8.00. The molecule has 0 aliphatic rings. The van der Waals surface area contributed by atoms with Gasteiger partial charge in [-0.25, -0.2) is 10.4 Å². The second-order valence-corrected chi connectivity index (χ2v) is 9.31. The number of hydrogen-bond donors (Lipinski definition) is 1. The standard InChI is InChI=1S/C25H23N3O4S2/c1-30-20-13-12-18(22(31-2)23(20)32-3)14-26-28-24(29)17-10-8-16(9-11-17)15-33-25-27-19-6-4-5-7-21(19)34-25/h4-14H,15H2,1-3H3,(H,28,29)/b26-14-. The van der Waals surface area contributed by atoms with E-state index in [1.54, 1.807) is 54.5 Å². The minimum atomic E-state index is -0.305. The summed E-state index contributed by atoms with van der Waals surface area (Å²) in [5, 5.41) is 4.06. The Kier molecular flexibility index (Phi) is 7.66. The summed E-state index contributed by atoms with van der Waals surface area (Å²) in [6, 6.07) is 19.1. The van der Waals surface area contributed by atoms with Crippen LogP contribution < -0.4 is 19.6 Å². The smallest absolute Gasteiger partial charge is 0.271 e. The van der Waals surface area contributed by atoms with E-state index in [-0.39, 0.29) is 5.91 Å². The van der Waals surface area contributed by atoms with Gasteiger partial charge in [-0.1, -0.05) is 36.0 Å². The lowest BCUT2D eigenvalue weighted by atomic mass is 10.1. The minimum absolute atomic E-state index is 0.305. The Labute approximate surface area is 205 Å². The molecule has 0 radical (unpaired) electrons. The number of aromatic nitrogens is 1. The molecule has 9 heteroatoms. The van der Waals surface area contributed by atoms with Gasteiger partial charge in [0.2, 0.25) is 5.75 Å². The van der Waals surface area contributed by atoms with Gasteiger partial charge in [-0.15, -0.1) is 11.3 Å². The fourth-order valence-corrected chi connectivity index (χ4v) is 5.29. The van der Waals surface area contributed by atoms with E-state index in [0.29, 0.717) is 28.4 Å². The van der Waals surface area contributed by atoms with E-state index in [2.05, 4.69) is 21.6 Å². The molecule has 0 saturated heterocycles. The van der Waals surface area contributed by atoms with Crippen molar-refractivity contribution in [1.82, 2.24) is 10.4 Å². The Balaban J connectivity index is 1.36. The van der Waals surface area contributed by atoms with E-state index in [1.807, 2.05) is 30.3 Å². The third-order valence-electron chi connectivity index (χ3n) is 4.96. The van der Waals surface area contributed by atoms with E-state index in [4.69, 9.17) is 14.2 Å². The predicted molar refractivity (Wildman–Crippen MR) is 137 cm³/mol. The van der Waals surface area contributed by atoms with Gasteiger partial charge in [-0.2, -0.15) is 5.10 Å². The number of amides is 1. The van der Waals surface area contributed by atoms with Gasteiger partial charge in [-0.3, -0.25) is 4.79 Å². The second-order valence-electron chi connectivity index (χ2n) is 7.06. The van der Waals surface area contributed by atoms with Gasteiger partial charge in [0.15, 0.2) is 15.8 Å². The van der Waals surface area contributed by atoms with Crippen molar-refractivity contribution < 1.29 is 19.0 Å². The molecule has 7 nitrogen and oxygen atoms in total. The summed E-state index contributed by atoms with van der Waals surface area (Å²) in [6.45, 7) is 0. The monoisotopic (exact) mass is 493 g/mol. The fourth-order valence-electron chi connectivity index (χ4n) is 3.26. The molecule has 0 atom stereocenters. The van der Waals surface area contributed by atoms with Crippen LogP contribution in [0, 0.1) is 0 Å². The van der Waals surface area contributed by atoms with Crippen molar-refractivity contribution in [2.45, 2.75) is 10.1 Å². The average molecular weight is 494 g/mol. The molecule has 4 aromatic rings. The molecule has 1 aromatic heterocycles. The van der Waals surface area contributed by atoms with Crippen LogP contribution in [0.3, 0.4) is 0 Å². The number of nitrogens with zero attached hydrogens (tertiary/aromatic N) is 2. The Morgan fingerprint density at radius 3 is 2.47 bits per heavy atom. The van der Waals surface area contributed by atoms with Gasteiger partial charge in [0.05, 0.1) is 37.8 Å². The van der Waals surface area contributed by atoms with Crippen LogP contribution in [0.15, 0.2) is 70.1 Å². The highest BCUT2D eigenvalue weighted by Crippen LogP contribution is 2.39. The number of carbonyl (C=O) groups excluding carboxylic acids is 1. The molecule has 174 valence electrons. The summed E-state index contributed by atoms with van der Waals surface area (Å²) in [5.41, 5.74) is 5.84. The van der Waals surface area contributed by atoms with Crippen LogP contribution in [0.25, 0.3) is 10.2 Å². The molecule has 0 bridgehead atoms. The highest BCUT2D eigenvalue weighted by atomic mass is 32.2. The summed E-state index contributed by atoms with van der Waals surface area (Å²) in [4.78, 5) is 17.1. The summed E-state index contributed by atoms with van der Waals surface area (Å²) in [5.74, 6) is 1.94. The molecular weight excluding hydrogens is 470 g/mol. The molecule has 0 saturated carbocycles. The average Bonchev–Trinajstić information content (AvgIpc) is 3.30. The number of thioether (sulfide) groups is 1. The summed E-state index contributed by atoms with van der Waals surface area (Å²) in [6.07, 6.45) is 1.50. The van der Waals surface area contributed by atoms with Crippen molar-refractivity contribution in [3.05, 3.63) is 77.4 Å². The number of para-hydroxylation sites is 1. The maximum atomic E-state index is 12.5. The summed E-state index contributed by atoms with van der Waals surface area (Å²) in [7, 11) is 4.62. The van der Waals surface area contributed by atoms with E-state index in [9.17, 15) is 4.79 Å². The van der Waals surface area contributed by atoms with Crippen molar-refractivity contribution in [3.63, 3.8) is 0 Å². The number of ether oxygens (including phenoxy) is 3. The van der Waals surface area contributed by atoms with Crippen LogP contribution in [-0.2, 0) is 5.75 Å². The van der Waals surface area contributed by atoms with Gasteiger partial charge < -0.3 is 14.2 Å². The first-order valence-corrected chi connectivity index (χ1v) is 12.1. The Bertz CT molecular complexity index is 1290. The first kappa shape index (κ1) is 23.6. The number of rotatable bonds is 9. The topological polar surface area (TPSA) is 82.0 Å². The fraction of sp³-hybridized carbons (Fsp3) is 0.160. The predicted octanol–water partition coefficient (Wildman–Crippen LogP) is 5.38. The zero-order chi connectivity index (χ0) is 23.9. The van der Waals surface area contributed by atoms with E-state index >= 15 is 0 Å². The number of hydrazone groups is 1. The molecule has 0 aliphatic heterocycles. The molecule has 1 amide bonds. The molecular formula is C25H23N3O4S2. The first-order valence-electron chi connectivity index (χ1n) is 10.3. The van der Waals surface area contributed by atoms with E-state index in [0.717, 1.165) is 21.2 Å². The van der Waals surface area contributed by atoms with E-state index < -0.39 is 0 Å². The van der Waals surface area contributed by atoms with Crippen LogP contribution in [0.1, 0.15) is 21.5 Å². The Hall–Kier alpha value is -3.56. The second kappa shape index (κ2) is 11.0. The number of methoxy groups -OCH3 is 3. The maximum absolute atomic E-state index is 12.5. The summed E-state index contributed by atoms with van der Waals surface area (Å²) < 4.78 is 18.3. The molecule has 0 fully saturated rings. The van der Waals surface area contributed by atoms with Crippen LogP contribution in [-0.4, -0.2) is 38.4 Å². The third-order valence-corrected chi connectivity index (χ3v) is 7.21. The van der Waals surface area contributed by atoms with Gasteiger partial charge in [0.1, 0.15) is 0 Å². The van der Waals surface area contributed by atoms with Crippen molar-refractivity contribution in [2.24, 2.45) is 5.10 Å². The lowest BCUT2D eigenvalue weighted by Gasteiger charge is -2.13. The summed E-state index contributed by atoms with van der Waals surface area (Å²) >= 11 is 3.37. The Morgan fingerprint density at radius 1 is 1.00 bits per heavy atom. The molecule has 3 aromatic carbocycles. The van der Waals surface area contributed by atoms with Crippen molar-refractivity contribution in [3.8, 4) is 17.2 Å². The van der Waals surface area contributed by atoms with E-state index in [1.165, 1.54) is 25.1 Å². The van der Waals surface area contributed by atoms with Crippen LogP contribution in [0.5, 0.6) is 17.2 Å². The SMILES string of the molecule is COc1ccc(/C=N\NC(=O)c2ccc(CSc3nc4ccccc4s3)cc2)c(OC)c1OC. The number of benzene rings is 3. The largest absolute Gasteiger partial charge is 0.493 e. The van der Waals surface area contributed by atoms with Crippen molar-refractivity contribution in [2.75, 3.05) is 21.3 Å². The zero-order valence-corrected chi connectivity index (χ0v) is 20.5. The number of fused-ring (bicyclic) bond motifs is 1. The minimum Gasteiger partial charge on any atom is -0.493 e. The molecule has 0 spiro atoms. The molecule has 1 heterocycles. The van der Waals surface area contributed by atoms with Gasteiger partial charge in [-0.05, 0) is 42.0 Å². The molecule has 34 heavy (non-hydrogen) atoms. The third kappa shape index (κ3) is 5.32. The first-order chi connectivity index (χ1) is 16.6. The number of thiazole rings is 1. The number of hydrogen-bond acceptors (Lipinski definition) is 8. The van der Waals surface area contributed by atoms with Crippen LogP contribution >= 0.6 is 23.1 Å². The number of nitrogens with one attached hydrogen (secondary N) is 1. The Morgan fingerprint density at radius 2 is 1.76 bits per heavy atom. The van der Waals surface area contributed by atoms with Gasteiger partial charge >= 0.3 is 0 Å². The van der Waals surface area contributed by atoms with Crippen LogP contribution in [0.4, 0.5) is 0 Å². The lowest BCUT2D eigenvalue weighted by Crippen LogP contribution is -2.17. The normalized spacial score (nSPS) is 11.0. The van der Waals surface area contributed by atoms with Gasteiger partial charge in [0, 0.05) is 16.9 Å². The maximum Gasteiger partial charge on any atom is 0.271 e. The molecule has 4 rings (SSSR count). The molecule has 0 aliphatic carbocycles. The molecule has 1 N–H and O–H groups in total. The van der Waals surface area contributed by atoms with Crippen molar-refractivity contribution in [1.29, 1.82) is 0 Å². The zero-order valence-electron chi connectivity index (χ0n) is 18.9. The van der Waals surface area contributed by atoms with Gasteiger partial charge in [0.25, 0.3) is 5.91 Å². The van der Waals surface area contributed by atoms with Crippen LogP contribution in [0.2, 0.25) is 0 Å².